The third-order valence-electron chi connectivity index (χ3n) is 1.80. The number of hydrogen-bond acceptors (Lipinski definition) is 5. The zero-order chi connectivity index (χ0) is 10.8. The number of benzene rings is 1. The molecule has 0 amide bonds. The molecule has 15 heavy (non-hydrogen) atoms. The molecule has 0 bridgehead atoms. The van der Waals surface area contributed by atoms with E-state index in [1.165, 1.54) is 18.2 Å². The van der Waals surface area contributed by atoms with E-state index >= 15 is 0 Å². The Morgan fingerprint density at radius 1 is 1.40 bits per heavy atom. The molecule has 1 aromatic heterocycles. The van der Waals surface area contributed by atoms with E-state index in [0.29, 0.717) is 0 Å². The van der Waals surface area contributed by atoms with Crippen molar-refractivity contribution in [1.82, 2.24) is 10.1 Å². The van der Waals surface area contributed by atoms with Crippen LogP contribution in [0, 0.1) is 10.1 Å². The normalized spacial score (nSPS) is 10.1. The van der Waals surface area contributed by atoms with Gasteiger partial charge >= 0.3 is 5.76 Å². The Morgan fingerprint density at radius 3 is 2.73 bits per heavy atom. The Kier molecular flexibility index (Phi) is 2.05. The van der Waals surface area contributed by atoms with Crippen LogP contribution in [0.5, 0.6) is 0 Å². The average Bonchev–Trinajstić information content (AvgIpc) is 2.65. The lowest BCUT2D eigenvalue weighted by Gasteiger charge is -1.96. The molecule has 2 rings (SSSR count). The predicted octanol–water partition coefficient (Wildman–Crippen LogP) is 0.938. The minimum absolute atomic E-state index is 0.0484. The van der Waals surface area contributed by atoms with Gasteiger partial charge in [-0.15, -0.1) is 0 Å². The summed E-state index contributed by atoms with van der Waals surface area (Å²) < 4.78 is 4.27. The van der Waals surface area contributed by atoms with Crippen molar-refractivity contribution in [2.45, 2.75) is 0 Å². The standard InChI is InChI=1S/C8H5N3O4/c12-8-9-7(10-15-8)5-3-1-2-4-6(5)11(13)14/h1-4H,(H,9,10,12). The van der Waals surface area contributed by atoms with Crippen LogP contribution in [-0.2, 0) is 0 Å². The summed E-state index contributed by atoms with van der Waals surface area (Å²) in [7, 11) is 0. The van der Waals surface area contributed by atoms with E-state index in [0.717, 1.165) is 0 Å². The van der Waals surface area contributed by atoms with E-state index in [4.69, 9.17) is 0 Å². The Morgan fingerprint density at radius 2 is 2.13 bits per heavy atom. The number of aromatic nitrogens is 2. The number of aromatic amines is 1. The number of rotatable bonds is 2. The van der Waals surface area contributed by atoms with Crippen LogP contribution in [0.4, 0.5) is 5.69 Å². The smallest absolute Gasteiger partial charge is 0.296 e. The van der Waals surface area contributed by atoms with E-state index in [1.54, 1.807) is 6.07 Å². The van der Waals surface area contributed by atoms with E-state index in [-0.39, 0.29) is 17.1 Å². The number of H-pyrrole nitrogens is 1. The molecule has 1 N–H and O–H groups in total. The molecule has 76 valence electrons. The zero-order valence-corrected chi connectivity index (χ0v) is 7.34. The fourth-order valence-corrected chi connectivity index (χ4v) is 1.18. The van der Waals surface area contributed by atoms with Crippen molar-refractivity contribution >= 4 is 5.69 Å². The highest BCUT2D eigenvalue weighted by atomic mass is 16.6. The molecule has 0 spiro atoms. The van der Waals surface area contributed by atoms with Crippen LogP contribution < -0.4 is 5.76 Å². The molecular weight excluding hydrogens is 202 g/mol. The first-order valence-electron chi connectivity index (χ1n) is 3.98. The minimum Gasteiger partial charge on any atom is -0.296 e. The van der Waals surface area contributed by atoms with Gasteiger partial charge in [0, 0.05) is 6.07 Å². The number of nitrogens with zero attached hydrogens (tertiary/aromatic N) is 2. The maximum atomic E-state index is 10.7. The largest absolute Gasteiger partial charge is 0.439 e. The van der Waals surface area contributed by atoms with Crippen molar-refractivity contribution in [3.8, 4) is 11.4 Å². The molecule has 2 aromatic rings. The van der Waals surface area contributed by atoms with Crippen molar-refractivity contribution in [3.63, 3.8) is 0 Å². The molecule has 1 heterocycles. The lowest BCUT2D eigenvalue weighted by molar-refractivity contribution is -0.384. The summed E-state index contributed by atoms with van der Waals surface area (Å²) in [5, 5.41) is 14.0. The average molecular weight is 207 g/mol. The van der Waals surface area contributed by atoms with Gasteiger partial charge in [-0.3, -0.25) is 19.6 Å². The van der Waals surface area contributed by atoms with Crippen LogP contribution in [0.25, 0.3) is 11.4 Å². The Labute approximate surface area is 82.5 Å². The highest BCUT2D eigenvalue weighted by molar-refractivity contribution is 5.66. The number of hydrogen-bond donors (Lipinski definition) is 1. The number of nitro groups is 1. The molecule has 1 aromatic carbocycles. The molecular formula is C8H5N3O4. The van der Waals surface area contributed by atoms with Crippen molar-refractivity contribution in [2.24, 2.45) is 0 Å². The van der Waals surface area contributed by atoms with Crippen molar-refractivity contribution in [2.75, 3.05) is 0 Å². The third-order valence-corrected chi connectivity index (χ3v) is 1.80. The zero-order valence-electron chi connectivity index (χ0n) is 7.34. The van der Waals surface area contributed by atoms with E-state index in [1.807, 2.05) is 0 Å². The van der Waals surface area contributed by atoms with Crippen LogP contribution in [-0.4, -0.2) is 15.1 Å². The second-order valence-corrected chi connectivity index (χ2v) is 2.72. The van der Waals surface area contributed by atoms with Gasteiger partial charge in [-0.25, -0.2) is 4.79 Å². The lowest BCUT2D eigenvalue weighted by Crippen LogP contribution is -1.96. The van der Waals surface area contributed by atoms with Crippen LogP contribution in [0.1, 0.15) is 0 Å². The van der Waals surface area contributed by atoms with E-state index in [9.17, 15) is 14.9 Å². The summed E-state index contributed by atoms with van der Waals surface area (Å²) in [6.07, 6.45) is 0. The van der Waals surface area contributed by atoms with Gasteiger partial charge < -0.3 is 0 Å². The van der Waals surface area contributed by atoms with Gasteiger partial charge in [0.2, 0.25) is 0 Å². The topological polar surface area (TPSA) is 102 Å². The van der Waals surface area contributed by atoms with Crippen molar-refractivity contribution < 1.29 is 9.45 Å². The number of nitro benzene ring substituents is 1. The highest BCUT2D eigenvalue weighted by Crippen LogP contribution is 2.25. The monoisotopic (exact) mass is 207 g/mol. The first kappa shape index (κ1) is 9.13. The fraction of sp³-hybridized carbons (Fsp3) is 0. The summed E-state index contributed by atoms with van der Waals surface area (Å²) in [6, 6.07) is 5.93. The van der Waals surface area contributed by atoms with Gasteiger partial charge in [-0.1, -0.05) is 17.3 Å². The number of nitrogens with one attached hydrogen (secondary N) is 1. The first-order valence-corrected chi connectivity index (χ1v) is 3.98. The quantitative estimate of drug-likeness (QED) is 0.583. The van der Waals surface area contributed by atoms with E-state index < -0.39 is 10.7 Å². The molecule has 0 saturated carbocycles. The predicted molar refractivity (Wildman–Crippen MR) is 49.2 cm³/mol. The van der Waals surface area contributed by atoms with Gasteiger partial charge in [0.1, 0.15) is 0 Å². The second-order valence-electron chi connectivity index (χ2n) is 2.72. The molecule has 0 atom stereocenters. The summed E-state index contributed by atoms with van der Waals surface area (Å²) in [6.45, 7) is 0. The Balaban J connectivity index is 2.62. The molecule has 0 aliphatic carbocycles. The summed E-state index contributed by atoms with van der Waals surface area (Å²) in [5.74, 6) is -0.699. The molecule has 0 aliphatic heterocycles. The van der Waals surface area contributed by atoms with Gasteiger partial charge in [0.15, 0.2) is 5.82 Å². The molecule has 0 unspecified atom stereocenters. The van der Waals surface area contributed by atoms with E-state index in [2.05, 4.69) is 14.7 Å². The van der Waals surface area contributed by atoms with Crippen LogP contribution in [0.3, 0.4) is 0 Å². The summed E-state index contributed by atoms with van der Waals surface area (Å²) in [4.78, 5) is 23.0. The van der Waals surface area contributed by atoms with Crippen LogP contribution >= 0.6 is 0 Å². The molecule has 0 saturated heterocycles. The maximum absolute atomic E-state index is 10.7. The highest BCUT2D eigenvalue weighted by Gasteiger charge is 2.17. The van der Waals surface area contributed by atoms with Gasteiger partial charge in [0.25, 0.3) is 5.69 Å². The molecule has 7 nitrogen and oxygen atoms in total. The lowest BCUT2D eigenvalue weighted by atomic mass is 10.2. The number of para-hydroxylation sites is 1. The maximum Gasteiger partial charge on any atom is 0.439 e. The van der Waals surface area contributed by atoms with Gasteiger partial charge in [-0.05, 0) is 6.07 Å². The van der Waals surface area contributed by atoms with Crippen LogP contribution in [0.2, 0.25) is 0 Å². The fourth-order valence-electron chi connectivity index (χ4n) is 1.18. The SMILES string of the molecule is O=c1[nH]c(-c2ccccc2[N+](=O)[O-])no1. The van der Waals surface area contributed by atoms with Gasteiger partial charge in [-0.2, -0.15) is 0 Å². The summed E-state index contributed by atoms with van der Waals surface area (Å²) in [5.41, 5.74) is 0.0791. The second kappa shape index (κ2) is 3.37. The van der Waals surface area contributed by atoms with Crippen LogP contribution in [0.15, 0.2) is 33.6 Å². The third kappa shape index (κ3) is 1.62. The molecule has 0 radical (unpaired) electrons. The van der Waals surface area contributed by atoms with Gasteiger partial charge in [0.05, 0.1) is 10.5 Å². The molecule has 0 aliphatic rings. The Hall–Kier alpha value is -2.44. The Bertz CT molecular complexity index is 557. The summed E-state index contributed by atoms with van der Waals surface area (Å²) >= 11 is 0. The van der Waals surface area contributed by atoms with Crippen molar-refractivity contribution in [1.29, 1.82) is 0 Å². The molecule has 0 fully saturated rings. The van der Waals surface area contributed by atoms with Crippen molar-refractivity contribution in [3.05, 3.63) is 44.9 Å². The first-order chi connectivity index (χ1) is 7.18. The minimum atomic E-state index is -0.747. The molecule has 7 heteroatoms.